The summed E-state index contributed by atoms with van der Waals surface area (Å²) in [7, 11) is 0. The summed E-state index contributed by atoms with van der Waals surface area (Å²) in [6.07, 6.45) is 17.5. The molecule has 0 amide bonds. The third kappa shape index (κ3) is 3.98. The fourth-order valence-corrected chi connectivity index (χ4v) is 10.0. The van der Waals surface area contributed by atoms with E-state index in [1.54, 1.807) is 5.57 Å². The molecule has 0 radical (unpaired) electrons. The van der Waals surface area contributed by atoms with Crippen molar-refractivity contribution in [2.45, 2.75) is 118 Å². The Kier molecular flexibility index (Phi) is 6.61. The second-order valence-corrected chi connectivity index (χ2v) is 13.7. The molecule has 1 saturated heterocycles. The Labute approximate surface area is 204 Å². The Hall–Kier alpha value is -0.340. The second kappa shape index (κ2) is 8.95. The predicted molar refractivity (Wildman–Crippen MR) is 137 cm³/mol. The summed E-state index contributed by atoms with van der Waals surface area (Å²) in [5.74, 6) is 6.05. The summed E-state index contributed by atoms with van der Waals surface area (Å²) in [6, 6.07) is 0. The molecular formula is C31H52O2. The first-order valence-electron chi connectivity index (χ1n) is 14.7. The van der Waals surface area contributed by atoms with E-state index in [4.69, 9.17) is 9.47 Å². The number of rotatable bonds is 6. The van der Waals surface area contributed by atoms with E-state index in [0.717, 1.165) is 67.5 Å². The van der Waals surface area contributed by atoms with Crippen molar-refractivity contribution < 1.29 is 9.47 Å². The van der Waals surface area contributed by atoms with Crippen molar-refractivity contribution in [1.29, 1.82) is 0 Å². The summed E-state index contributed by atoms with van der Waals surface area (Å²) in [5, 5.41) is 0. The highest BCUT2D eigenvalue weighted by atomic mass is 16.7. The molecule has 3 saturated carbocycles. The summed E-state index contributed by atoms with van der Waals surface area (Å²) in [6.45, 7) is 16.8. The SMILES string of the molecule is CC[C@H](CC[C@@H](C)[C@H]1CC[C@H]2[C@@H]3CC=C4CC5(CC[C@]4(C)[C@H]3CC[C@]12C)OCCO5)C(C)C. The predicted octanol–water partition coefficient (Wildman–Crippen LogP) is 8.41. The molecule has 0 aromatic carbocycles. The average Bonchev–Trinajstić information content (AvgIpc) is 3.38. The molecule has 188 valence electrons. The second-order valence-electron chi connectivity index (χ2n) is 13.7. The minimum atomic E-state index is -0.276. The first-order chi connectivity index (χ1) is 15.7. The van der Waals surface area contributed by atoms with Crippen LogP contribution in [0.25, 0.3) is 0 Å². The summed E-state index contributed by atoms with van der Waals surface area (Å²) in [4.78, 5) is 0. The lowest BCUT2D eigenvalue weighted by molar-refractivity contribution is -0.185. The van der Waals surface area contributed by atoms with Gasteiger partial charge in [-0.3, -0.25) is 0 Å². The van der Waals surface area contributed by atoms with Crippen LogP contribution in [-0.4, -0.2) is 19.0 Å². The van der Waals surface area contributed by atoms with Gasteiger partial charge >= 0.3 is 0 Å². The molecule has 8 atom stereocenters. The topological polar surface area (TPSA) is 18.5 Å². The zero-order chi connectivity index (χ0) is 23.4. The maximum atomic E-state index is 6.14. The monoisotopic (exact) mass is 456 g/mol. The van der Waals surface area contributed by atoms with Gasteiger partial charge in [-0.15, -0.1) is 0 Å². The minimum absolute atomic E-state index is 0.276. The molecule has 0 aromatic rings. The molecule has 1 heterocycles. The van der Waals surface area contributed by atoms with Crippen LogP contribution in [0.4, 0.5) is 0 Å². The Morgan fingerprint density at radius 2 is 1.70 bits per heavy atom. The molecule has 2 heteroatoms. The van der Waals surface area contributed by atoms with Gasteiger partial charge in [0.15, 0.2) is 5.79 Å². The highest BCUT2D eigenvalue weighted by Crippen LogP contribution is 2.68. The van der Waals surface area contributed by atoms with Crippen LogP contribution in [-0.2, 0) is 9.47 Å². The van der Waals surface area contributed by atoms with Crippen LogP contribution in [0.15, 0.2) is 11.6 Å². The van der Waals surface area contributed by atoms with Gasteiger partial charge in [0, 0.05) is 12.8 Å². The molecule has 1 spiro atoms. The van der Waals surface area contributed by atoms with Crippen LogP contribution in [0.2, 0.25) is 0 Å². The molecule has 2 nitrogen and oxygen atoms in total. The molecule has 0 N–H and O–H groups in total. The van der Waals surface area contributed by atoms with Crippen LogP contribution in [0, 0.1) is 52.3 Å². The van der Waals surface area contributed by atoms with Crippen LogP contribution in [0.5, 0.6) is 0 Å². The van der Waals surface area contributed by atoms with Gasteiger partial charge in [0.05, 0.1) is 13.2 Å². The van der Waals surface area contributed by atoms with Crippen LogP contribution < -0.4 is 0 Å². The first kappa shape index (κ1) is 24.4. The van der Waals surface area contributed by atoms with Crippen molar-refractivity contribution in [1.82, 2.24) is 0 Å². The zero-order valence-corrected chi connectivity index (χ0v) is 22.6. The molecule has 5 aliphatic rings. The lowest BCUT2D eigenvalue weighted by Crippen LogP contribution is -2.52. The van der Waals surface area contributed by atoms with Crippen molar-refractivity contribution in [3.63, 3.8) is 0 Å². The van der Waals surface area contributed by atoms with Gasteiger partial charge in [0.1, 0.15) is 0 Å². The summed E-state index contributed by atoms with van der Waals surface area (Å²) in [5.41, 5.74) is 2.65. The molecule has 33 heavy (non-hydrogen) atoms. The van der Waals surface area contributed by atoms with Crippen molar-refractivity contribution in [2.75, 3.05) is 13.2 Å². The fourth-order valence-electron chi connectivity index (χ4n) is 10.0. The van der Waals surface area contributed by atoms with Gasteiger partial charge in [-0.25, -0.2) is 0 Å². The Morgan fingerprint density at radius 3 is 2.39 bits per heavy atom. The quantitative estimate of drug-likeness (QED) is 0.373. The Morgan fingerprint density at radius 1 is 0.939 bits per heavy atom. The van der Waals surface area contributed by atoms with E-state index in [1.807, 2.05) is 0 Å². The number of fused-ring (bicyclic) bond motifs is 5. The van der Waals surface area contributed by atoms with Crippen molar-refractivity contribution >= 4 is 0 Å². The lowest BCUT2D eigenvalue weighted by atomic mass is 9.46. The zero-order valence-electron chi connectivity index (χ0n) is 22.6. The lowest BCUT2D eigenvalue weighted by Gasteiger charge is -2.59. The van der Waals surface area contributed by atoms with Crippen molar-refractivity contribution in [3.05, 3.63) is 11.6 Å². The highest BCUT2D eigenvalue weighted by Gasteiger charge is 2.60. The molecular weight excluding hydrogens is 404 g/mol. The van der Waals surface area contributed by atoms with Crippen LogP contribution in [0.1, 0.15) is 112 Å². The molecule has 1 aliphatic heterocycles. The molecule has 4 fully saturated rings. The molecule has 0 bridgehead atoms. The van der Waals surface area contributed by atoms with Crippen molar-refractivity contribution in [2.24, 2.45) is 52.3 Å². The van der Waals surface area contributed by atoms with Crippen LogP contribution in [0.3, 0.4) is 0 Å². The number of allylic oxidation sites excluding steroid dienone is 1. The largest absolute Gasteiger partial charge is 0.347 e. The highest BCUT2D eigenvalue weighted by molar-refractivity contribution is 5.26. The fraction of sp³-hybridized carbons (Fsp3) is 0.935. The third-order valence-electron chi connectivity index (χ3n) is 12.1. The van der Waals surface area contributed by atoms with Gasteiger partial charge in [0.2, 0.25) is 0 Å². The van der Waals surface area contributed by atoms with Gasteiger partial charge < -0.3 is 9.47 Å². The third-order valence-corrected chi connectivity index (χ3v) is 12.1. The summed E-state index contributed by atoms with van der Waals surface area (Å²) < 4.78 is 12.3. The molecule has 4 aliphatic carbocycles. The minimum Gasteiger partial charge on any atom is -0.347 e. The van der Waals surface area contributed by atoms with E-state index in [-0.39, 0.29) is 5.79 Å². The molecule has 0 aromatic heterocycles. The normalized spacial score (nSPS) is 43.7. The maximum absolute atomic E-state index is 6.14. The van der Waals surface area contributed by atoms with Crippen LogP contribution >= 0.6 is 0 Å². The number of hydrogen-bond donors (Lipinski definition) is 0. The van der Waals surface area contributed by atoms with E-state index in [0.29, 0.717) is 10.8 Å². The van der Waals surface area contributed by atoms with Gasteiger partial charge in [-0.1, -0.05) is 66.0 Å². The molecule has 5 rings (SSSR count). The van der Waals surface area contributed by atoms with Gasteiger partial charge in [0.25, 0.3) is 0 Å². The van der Waals surface area contributed by atoms with Gasteiger partial charge in [-0.2, -0.15) is 0 Å². The van der Waals surface area contributed by atoms with E-state index < -0.39 is 0 Å². The average molecular weight is 457 g/mol. The Bertz CT molecular complexity index is 733. The van der Waals surface area contributed by atoms with E-state index in [1.165, 1.54) is 57.8 Å². The standard InChI is InChI=1S/C31H52O2/c1-7-23(21(2)3)9-8-22(4)26-12-13-27-25-11-10-24-20-31(32-18-19-33-31)17-16-29(24,5)28(25)14-15-30(26,27)6/h10,21-23,25-28H,7-9,11-20H2,1-6H3/t22-,23-,25+,26-,27+,28+,29+,30-/m1/s1. The van der Waals surface area contributed by atoms with E-state index in [2.05, 4.69) is 47.6 Å². The van der Waals surface area contributed by atoms with E-state index in [9.17, 15) is 0 Å². The Balaban J connectivity index is 1.30. The number of ether oxygens (including phenoxy) is 2. The smallest absolute Gasteiger partial charge is 0.172 e. The number of hydrogen-bond acceptors (Lipinski definition) is 2. The van der Waals surface area contributed by atoms with E-state index >= 15 is 0 Å². The molecule has 0 unspecified atom stereocenters. The first-order valence-corrected chi connectivity index (χ1v) is 14.7. The summed E-state index contributed by atoms with van der Waals surface area (Å²) >= 11 is 0. The van der Waals surface area contributed by atoms with Crippen molar-refractivity contribution in [3.8, 4) is 0 Å². The maximum Gasteiger partial charge on any atom is 0.172 e. The van der Waals surface area contributed by atoms with Gasteiger partial charge in [-0.05, 0) is 97.2 Å².